The summed E-state index contributed by atoms with van der Waals surface area (Å²) in [6, 6.07) is 0. The molecular formula is C21H33NO. The largest absolute Gasteiger partial charge is 0.325 e. The molecule has 0 aromatic carbocycles. The highest BCUT2D eigenvalue weighted by Gasteiger charge is 2.34. The van der Waals surface area contributed by atoms with E-state index >= 15 is 0 Å². The molecule has 23 heavy (non-hydrogen) atoms. The molecule has 2 N–H and O–H groups in total. The Kier molecular flexibility index (Phi) is 5.64. The molecule has 0 aliphatic heterocycles. The number of hydrogen-bond acceptors (Lipinski definition) is 2. The van der Waals surface area contributed by atoms with E-state index < -0.39 is 0 Å². The summed E-state index contributed by atoms with van der Waals surface area (Å²) in [6.45, 7) is 20.5. The average Bonchev–Trinajstić information content (AvgIpc) is 2.39. The van der Waals surface area contributed by atoms with Gasteiger partial charge in [-0.3, -0.25) is 4.79 Å². The zero-order valence-corrected chi connectivity index (χ0v) is 16.2. The number of nitrogens with two attached hydrogens (primary N) is 1. The lowest BCUT2D eigenvalue weighted by Crippen LogP contribution is -2.32. The van der Waals surface area contributed by atoms with E-state index in [2.05, 4.69) is 33.4 Å². The van der Waals surface area contributed by atoms with Crippen LogP contribution in [0.5, 0.6) is 0 Å². The van der Waals surface area contributed by atoms with Gasteiger partial charge in [0.05, 0.1) is 0 Å². The van der Waals surface area contributed by atoms with Gasteiger partial charge < -0.3 is 5.73 Å². The van der Waals surface area contributed by atoms with Crippen molar-refractivity contribution in [1.82, 2.24) is 0 Å². The fourth-order valence-electron chi connectivity index (χ4n) is 3.32. The molecule has 128 valence electrons. The molecule has 2 nitrogen and oxygen atoms in total. The number of carbonyl (C=O) groups excluding carboxylic acids is 1. The molecule has 0 bridgehead atoms. The minimum atomic E-state index is -0.216. The second-order valence-corrected chi connectivity index (χ2v) is 8.36. The summed E-state index contributed by atoms with van der Waals surface area (Å²) in [5.41, 5.74) is 11.7. The van der Waals surface area contributed by atoms with Gasteiger partial charge in [0.25, 0.3) is 0 Å². The summed E-state index contributed by atoms with van der Waals surface area (Å²) in [5, 5.41) is 0. The van der Waals surface area contributed by atoms with Crippen LogP contribution < -0.4 is 5.73 Å². The zero-order valence-electron chi connectivity index (χ0n) is 16.2. The molecule has 0 fully saturated rings. The van der Waals surface area contributed by atoms with Crippen LogP contribution in [0.1, 0.15) is 68.2 Å². The van der Waals surface area contributed by atoms with Gasteiger partial charge in [0.15, 0.2) is 5.78 Å². The van der Waals surface area contributed by atoms with E-state index in [1.165, 1.54) is 5.57 Å². The molecule has 2 heteroatoms. The molecule has 0 aromatic heterocycles. The molecule has 0 amide bonds. The molecule has 0 atom stereocenters. The molecule has 0 aromatic rings. The summed E-state index contributed by atoms with van der Waals surface area (Å²) in [7, 11) is 0. The van der Waals surface area contributed by atoms with E-state index in [4.69, 9.17) is 5.73 Å². The highest BCUT2D eigenvalue weighted by Crippen LogP contribution is 2.42. The van der Waals surface area contributed by atoms with Crippen molar-refractivity contribution in [2.75, 3.05) is 0 Å². The maximum Gasteiger partial charge on any atom is 0.185 e. The molecule has 0 heterocycles. The van der Waals surface area contributed by atoms with E-state index in [0.29, 0.717) is 0 Å². The van der Waals surface area contributed by atoms with Gasteiger partial charge >= 0.3 is 0 Å². The van der Waals surface area contributed by atoms with Gasteiger partial charge in [-0.15, -0.1) is 0 Å². The molecule has 1 aliphatic rings. The molecule has 0 saturated heterocycles. The van der Waals surface area contributed by atoms with Crippen molar-refractivity contribution in [3.63, 3.8) is 0 Å². The van der Waals surface area contributed by atoms with Crippen molar-refractivity contribution in [2.45, 2.75) is 73.8 Å². The first-order valence-corrected chi connectivity index (χ1v) is 8.35. The zero-order chi connectivity index (χ0) is 18.2. The Hall–Kier alpha value is -1.41. The minimum absolute atomic E-state index is 0.169. The van der Waals surface area contributed by atoms with Crippen molar-refractivity contribution in [3.8, 4) is 0 Å². The summed E-state index contributed by atoms with van der Waals surface area (Å²) in [6.07, 6.45) is 3.91. The van der Waals surface area contributed by atoms with Crippen LogP contribution >= 0.6 is 0 Å². The molecule has 0 saturated carbocycles. The van der Waals surface area contributed by atoms with E-state index in [1.54, 1.807) is 0 Å². The minimum Gasteiger partial charge on any atom is -0.325 e. The topological polar surface area (TPSA) is 43.1 Å². The van der Waals surface area contributed by atoms with E-state index in [9.17, 15) is 4.79 Å². The van der Waals surface area contributed by atoms with Gasteiger partial charge in [-0.05, 0) is 76.5 Å². The van der Waals surface area contributed by atoms with E-state index in [-0.39, 0.29) is 16.7 Å². The van der Waals surface area contributed by atoms with Crippen molar-refractivity contribution < 1.29 is 4.79 Å². The summed E-state index contributed by atoms with van der Waals surface area (Å²) in [5.74, 6) is 0.169. The number of ketones is 1. The van der Waals surface area contributed by atoms with Gasteiger partial charge in [-0.1, -0.05) is 32.1 Å². The third kappa shape index (κ3) is 4.54. The lowest BCUT2D eigenvalue weighted by molar-refractivity contribution is -0.113. The maximum atomic E-state index is 12.8. The van der Waals surface area contributed by atoms with E-state index in [0.717, 1.165) is 40.7 Å². The van der Waals surface area contributed by atoms with Crippen LogP contribution in [0.15, 0.2) is 46.1 Å². The van der Waals surface area contributed by atoms with Crippen LogP contribution in [0.4, 0.5) is 0 Å². The Bertz CT molecular complexity index is 619. The van der Waals surface area contributed by atoms with Crippen LogP contribution in [0.2, 0.25) is 0 Å². The van der Waals surface area contributed by atoms with Crippen LogP contribution in [0.3, 0.4) is 0 Å². The number of Topliss-reactive ketones (excluding diaryl/α,β-unsaturated/α-hetero) is 1. The fourth-order valence-corrected chi connectivity index (χ4v) is 3.32. The van der Waals surface area contributed by atoms with Crippen LogP contribution in [-0.4, -0.2) is 11.3 Å². The van der Waals surface area contributed by atoms with Gasteiger partial charge in [-0.25, -0.2) is 0 Å². The van der Waals surface area contributed by atoms with Gasteiger partial charge in [0.1, 0.15) is 0 Å². The quantitative estimate of drug-likeness (QED) is 0.702. The predicted octanol–water partition coefficient (Wildman–Crippen LogP) is 5.27. The summed E-state index contributed by atoms with van der Waals surface area (Å²) in [4.78, 5) is 12.8. The highest BCUT2D eigenvalue weighted by molar-refractivity contribution is 6.12. The van der Waals surface area contributed by atoms with Crippen molar-refractivity contribution in [1.29, 1.82) is 0 Å². The monoisotopic (exact) mass is 315 g/mol. The highest BCUT2D eigenvalue weighted by atomic mass is 16.1. The fraction of sp³-hybridized carbons (Fsp3) is 0.571. The van der Waals surface area contributed by atoms with Gasteiger partial charge in [0, 0.05) is 16.7 Å². The van der Waals surface area contributed by atoms with Crippen LogP contribution in [0, 0.1) is 5.41 Å². The standard InChI is InChI=1S/C21H33NO/c1-13(12-21(8,9)22)10-11-20(6,7)18-16(4)14(2)15(3)17(5)19(18)23/h10H,2,11-12,22H2,1,3-9H3/b13-10+. The smallest absolute Gasteiger partial charge is 0.185 e. The maximum absolute atomic E-state index is 12.8. The number of rotatable bonds is 5. The van der Waals surface area contributed by atoms with Gasteiger partial charge in [0.2, 0.25) is 0 Å². The molecule has 1 aliphatic carbocycles. The number of allylic oxidation sites excluding steroid dienone is 6. The molecule has 0 unspecified atom stereocenters. The lowest BCUT2D eigenvalue weighted by atomic mass is 9.70. The Balaban J connectivity index is 3.11. The third-order valence-corrected chi connectivity index (χ3v) is 4.78. The first-order chi connectivity index (χ1) is 10.3. The Labute approximate surface area is 142 Å². The summed E-state index contributed by atoms with van der Waals surface area (Å²) >= 11 is 0. The van der Waals surface area contributed by atoms with Crippen LogP contribution in [-0.2, 0) is 4.79 Å². The van der Waals surface area contributed by atoms with Crippen molar-refractivity contribution in [2.24, 2.45) is 11.1 Å². The first-order valence-electron chi connectivity index (χ1n) is 8.35. The predicted molar refractivity (Wildman–Crippen MR) is 100 cm³/mol. The lowest BCUT2D eigenvalue weighted by Gasteiger charge is -2.33. The van der Waals surface area contributed by atoms with Crippen molar-refractivity contribution in [3.05, 3.63) is 46.1 Å². The van der Waals surface area contributed by atoms with Gasteiger partial charge in [-0.2, -0.15) is 0 Å². The Morgan fingerprint density at radius 1 is 1.09 bits per heavy atom. The van der Waals surface area contributed by atoms with E-state index in [1.807, 2.05) is 34.6 Å². The third-order valence-electron chi connectivity index (χ3n) is 4.78. The second-order valence-electron chi connectivity index (χ2n) is 8.36. The Morgan fingerprint density at radius 3 is 2.09 bits per heavy atom. The molecule has 0 spiro atoms. The average molecular weight is 316 g/mol. The molecule has 0 radical (unpaired) electrons. The van der Waals surface area contributed by atoms with Crippen molar-refractivity contribution >= 4 is 5.78 Å². The number of carbonyl (C=O) groups is 1. The SMILES string of the molecule is C=C1C(C)=C(C)C(=O)C(C(C)(C)C/C=C(\C)CC(C)(C)N)=C1C. The summed E-state index contributed by atoms with van der Waals surface area (Å²) < 4.78 is 0. The molecule has 1 rings (SSSR count). The normalized spacial score (nSPS) is 18.2. The van der Waals surface area contributed by atoms with Crippen LogP contribution in [0.25, 0.3) is 0 Å². The molecular weight excluding hydrogens is 282 g/mol. The second kappa shape index (κ2) is 6.60. The first kappa shape index (κ1) is 19.6. The Morgan fingerprint density at radius 2 is 1.61 bits per heavy atom. The number of hydrogen-bond donors (Lipinski definition) is 1.